The Balaban J connectivity index is 2.85. The molecule has 0 aromatic carbocycles. The topological polar surface area (TPSA) is 68.2 Å². The molecule has 0 fully saturated rings. The van der Waals surface area contributed by atoms with E-state index in [0.29, 0.717) is 11.6 Å². The molecule has 0 aliphatic carbocycles. The van der Waals surface area contributed by atoms with Crippen LogP contribution in [0.5, 0.6) is 0 Å². The number of rotatable bonds is 2. The first kappa shape index (κ1) is 8.80. The third-order valence-electron chi connectivity index (χ3n) is 1.42. The first-order valence-corrected chi connectivity index (χ1v) is 3.74. The quantitative estimate of drug-likeness (QED) is 0.663. The summed E-state index contributed by atoms with van der Waals surface area (Å²) in [5.41, 5.74) is 12.1. The lowest BCUT2D eigenvalue weighted by Crippen LogP contribution is -2.11. The molecule has 4 heteroatoms. The number of nitrogens with zero attached hydrogens (tertiary/aromatic N) is 2. The van der Waals surface area contributed by atoms with Gasteiger partial charge in [0.25, 0.3) is 0 Å². The number of nitrogens with two attached hydrogens (primary N) is 2. The van der Waals surface area contributed by atoms with Crippen LogP contribution in [0.25, 0.3) is 0 Å². The highest BCUT2D eigenvalue weighted by molar-refractivity contribution is 5.43. The predicted octanol–water partition coefficient (Wildman–Crippen LogP) is 0.308. The number of pyridine rings is 1. The smallest absolute Gasteiger partial charge is 0.126 e. The second-order valence-corrected chi connectivity index (χ2v) is 3.06. The van der Waals surface area contributed by atoms with Crippen molar-refractivity contribution in [3.63, 3.8) is 0 Å². The Morgan fingerprint density at radius 1 is 1.25 bits per heavy atom. The van der Waals surface area contributed by atoms with Crippen LogP contribution in [0.1, 0.15) is 5.56 Å². The summed E-state index contributed by atoms with van der Waals surface area (Å²) in [6, 6.07) is 3.66. The van der Waals surface area contributed by atoms with Crippen LogP contribution in [0.3, 0.4) is 0 Å². The van der Waals surface area contributed by atoms with E-state index in [4.69, 9.17) is 11.5 Å². The van der Waals surface area contributed by atoms with Gasteiger partial charge in [0.2, 0.25) is 0 Å². The maximum absolute atomic E-state index is 5.53. The van der Waals surface area contributed by atoms with Gasteiger partial charge in [-0.1, -0.05) is 0 Å². The van der Waals surface area contributed by atoms with Crippen LogP contribution in [0, 0.1) is 0 Å². The molecule has 4 N–H and O–H groups in total. The molecule has 1 heterocycles. The van der Waals surface area contributed by atoms with E-state index >= 15 is 0 Å². The Morgan fingerprint density at radius 2 is 1.75 bits per heavy atom. The molecular weight excluding hydrogens is 152 g/mol. The minimum absolute atomic E-state index is 0.479. The molecule has 0 bridgehead atoms. The van der Waals surface area contributed by atoms with Crippen molar-refractivity contribution >= 4 is 11.6 Å². The van der Waals surface area contributed by atoms with Crippen molar-refractivity contribution in [3.8, 4) is 0 Å². The maximum atomic E-state index is 5.53. The van der Waals surface area contributed by atoms with Crippen molar-refractivity contribution in [1.29, 1.82) is 0 Å². The number of hydrogen-bond donors (Lipinski definition) is 2. The standard InChI is InChI=1S/C8H14N4/c1-12(2)5-6-3-7(9)11-8(10)4-6/h3-4H,5H2,1-2H3,(H4,9,10,11). The fraction of sp³-hybridized carbons (Fsp3) is 0.375. The third kappa shape index (κ3) is 2.39. The minimum Gasteiger partial charge on any atom is -0.384 e. The van der Waals surface area contributed by atoms with Crippen LogP contribution in [-0.2, 0) is 6.54 Å². The molecule has 0 amide bonds. The first-order valence-electron chi connectivity index (χ1n) is 3.74. The Kier molecular flexibility index (Phi) is 2.50. The molecular formula is C8H14N4. The highest BCUT2D eigenvalue weighted by atomic mass is 15.0. The van der Waals surface area contributed by atoms with E-state index in [-0.39, 0.29) is 0 Å². The van der Waals surface area contributed by atoms with E-state index in [1.165, 1.54) is 0 Å². The van der Waals surface area contributed by atoms with Crippen LogP contribution < -0.4 is 11.5 Å². The van der Waals surface area contributed by atoms with E-state index in [2.05, 4.69) is 4.98 Å². The predicted molar refractivity (Wildman–Crippen MR) is 50.5 cm³/mol. The second-order valence-electron chi connectivity index (χ2n) is 3.06. The first-order chi connectivity index (χ1) is 5.58. The minimum atomic E-state index is 0.479. The summed E-state index contributed by atoms with van der Waals surface area (Å²) in [5, 5.41) is 0. The number of hydrogen-bond acceptors (Lipinski definition) is 4. The lowest BCUT2D eigenvalue weighted by Gasteiger charge is -2.09. The van der Waals surface area contributed by atoms with Crippen LogP contribution in [0.4, 0.5) is 11.6 Å². The summed E-state index contributed by atoms with van der Waals surface area (Å²) in [6.45, 7) is 0.830. The van der Waals surface area contributed by atoms with Crippen LogP contribution in [-0.4, -0.2) is 24.0 Å². The molecule has 0 unspecified atom stereocenters. The Morgan fingerprint density at radius 3 is 2.17 bits per heavy atom. The van der Waals surface area contributed by atoms with Gasteiger partial charge in [0.1, 0.15) is 11.6 Å². The monoisotopic (exact) mass is 166 g/mol. The Labute approximate surface area is 72.2 Å². The zero-order valence-corrected chi connectivity index (χ0v) is 7.41. The van der Waals surface area contributed by atoms with Gasteiger partial charge in [-0.3, -0.25) is 0 Å². The van der Waals surface area contributed by atoms with Crippen molar-refractivity contribution in [2.24, 2.45) is 0 Å². The van der Waals surface area contributed by atoms with E-state index in [9.17, 15) is 0 Å². The molecule has 4 nitrogen and oxygen atoms in total. The van der Waals surface area contributed by atoms with E-state index in [1.54, 1.807) is 0 Å². The molecule has 0 aliphatic heterocycles. The van der Waals surface area contributed by atoms with E-state index in [1.807, 2.05) is 31.1 Å². The van der Waals surface area contributed by atoms with Gasteiger partial charge in [0, 0.05) is 6.54 Å². The average Bonchev–Trinajstić information content (AvgIpc) is 1.81. The zero-order valence-electron chi connectivity index (χ0n) is 7.41. The molecule has 1 aromatic heterocycles. The summed E-state index contributed by atoms with van der Waals surface area (Å²) in [7, 11) is 3.99. The van der Waals surface area contributed by atoms with Crippen LogP contribution >= 0.6 is 0 Å². The fourth-order valence-corrected chi connectivity index (χ4v) is 1.09. The number of aromatic nitrogens is 1. The highest BCUT2D eigenvalue weighted by Gasteiger charge is 1.98. The summed E-state index contributed by atoms with van der Waals surface area (Å²) in [4.78, 5) is 5.93. The molecule has 0 atom stereocenters. The van der Waals surface area contributed by atoms with Crippen molar-refractivity contribution in [2.75, 3.05) is 25.6 Å². The van der Waals surface area contributed by atoms with Crippen molar-refractivity contribution in [3.05, 3.63) is 17.7 Å². The lowest BCUT2D eigenvalue weighted by atomic mass is 10.2. The molecule has 12 heavy (non-hydrogen) atoms. The SMILES string of the molecule is CN(C)Cc1cc(N)nc(N)c1. The molecule has 0 spiro atoms. The van der Waals surface area contributed by atoms with E-state index in [0.717, 1.165) is 12.1 Å². The maximum Gasteiger partial charge on any atom is 0.126 e. The van der Waals surface area contributed by atoms with Crippen LogP contribution in [0.2, 0.25) is 0 Å². The largest absolute Gasteiger partial charge is 0.384 e. The van der Waals surface area contributed by atoms with E-state index < -0.39 is 0 Å². The van der Waals surface area contributed by atoms with Crippen molar-refractivity contribution in [1.82, 2.24) is 9.88 Å². The lowest BCUT2D eigenvalue weighted by molar-refractivity contribution is 0.402. The average molecular weight is 166 g/mol. The molecule has 0 radical (unpaired) electrons. The fourth-order valence-electron chi connectivity index (χ4n) is 1.09. The normalized spacial score (nSPS) is 10.6. The summed E-state index contributed by atoms with van der Waals surface area (Å²) in [6.07, 6.45) is 0. The molecule has 1 rings (SSSR count). The van der Waals surface area contributed by atoms with Gasteiger partial charge < -0.3 is 16.4 Å². The van der Waals surface area contributed by atoms with Gasteiger partial charge in [-0.05, 0) is 31.8 Å². The molecule has 0 aliphatic rings. The Hall–Kier alpha value is -1.29. The summed E-state index contributed by atoms with van der Waals surface area (Å²) in [5.74, 6) is 0.957. The van der Waals surface area contributed by atoms with Crippen molar-refractivity contribution < 1.29 is 0 Å². The van der Waals surface area contributed by atoms with Gasteiger partial charge in [-0.15, -0.1) is 0 Å². The summed E-state index contributed by atoms with van der Waals surface area (Å²) < 4.78 is 0. The number of anilines is 2. The summed E-state index contributed by atoms with van der Waals surface area (Å²) >= 11 is 0. The van der Waals surface area contributed by atoms with Gasteiger partial charge in [0.05, 0.1) is 0 Å². The molecule has 0 saturated carbocycles. The third-order valence-corrected chi connectivity index (χ3v) is 1.42. The number of nitrogen functional groups attached to an aromatic ring is 2. The second kappa shape index (κ2) is 3.40. The molecule has 1 aromatic rings. The van der Waals surface area contributed by atoms with Crippen molar-refractivity contribution in [2.45, 2.75) is 6.54 Å². The molecule has 66 valence electrons. The van der Waals surface area contributed by atoms with Gasteiger partial charge >= 0.3 is 0 Å². The van der Waals surface area contributed by atoms with Gasteiger partial charge in [-0.25, -0.2) is 4.98 Å². The molecule has 0 saturated heterocycles. The highest BCUT2D eigenvalue weighted by Crippen LogP contribution is 2.09. The van der Waals surface area contributed by atoms with Gasteiger partial charge in [0.15, 0.2) is 0 Å². The van der Waals surface area contributed by atoms with Crippen LogP contribution in [0.15, 0.2) is 12.1 Å². The zero-order chi connectivity index (χ0) is 9.14. The Bertz CT molecular complexity index is 250. The van der Waals surface area contributed by atoms with Gasteiger partial charge in [-0.2, -0.15) is 0 Å².